The van der Waals surface area contributed by atoms with Gasteiger partial charge in [0.15, 0.2) is 0 Å². The van der Waals surface area contributed by atoms with E-state index < -0.39 is 0 Å². The molecule has 2 heterocycles. The van der Waals surface area contributed by atoms with Crippen LogP contribution in [0.25, 0.3) is 11.1 Å². The van der Waals surface area contributed by atoms with Gasteiger partial charge in [-0.2, -0.15) is 0 Å². The predicted molar refractivity (Wildman–Crippen MR) is 103 cm³/mol. The number of rotatable bonds is 1. The number of benzene rings is 2. The van der Waals surface area contributed by atoms with Crippen LogP contribution in [0.1, 0.15) is 37.8 Å². The molecule has 1 fully saturated rings. The zero-order valence-electron chi connectivity index (χ0n) is 15.3. The SMILES string of the molecule is CC.CN1CCC(N2Cc3ccccc3-c3ccccc3C2)CC1. The van der Waals surface area contributed by atoms with E-state index in [4.69, 9.17) is 0 Å². The Kier molecular flexibility index (Phi) is 5.70. The first kappa shape index (κ1) is 17.2. The first-order valence-corrected chi connectivity index (χ1v) is 9.40. The summed E-state index contributed by atoms with van der Waals surface area (Å²) in [7, 11) is 2.24. The summed E-state index contributed by atoms with van der Waals surface area (Å²) >= 11 is 0. The molecule has 128 valence electrons. The number of nitrogens with zero attached hydrogens (tertiary/aromatic N) is 2. The highest BCUT2D eigenvalue weighted by Crippen LogP contribution is 2.34. The molecule has 24 heavy (non-hydrogen) atoms. The first-order chi connectivity index (χ1) is 11.8. The van der Waals surface area contributed by atoms with Crippen LogP contribution in [0.3, 0.4) is 0 Å². The Morgan fingerprint density at radius 2 is 1.21 bits per heavy atom. The van der Waals surface area contributed by atoms with Crippen molar-refractivity contribution in [2.75, 3.05) is 20.1 Å². The van der Waals surface area contributed by atoms with Crippen LogP contribution in [0.2, 0.25) is 0 Å². The maximum Gasteiger partial charge on any atom is 0.0246 e. The summed E-state index contributed by atoms with van der Waals surface area (Å²) in [4.78, 5) is 5.16. The normalized spacial score (nSPS) is 18.8. The molecular weight excluding hydrogens is 292 g/mol. The molecule has 2 aliphatic rings. The molecular formula is C22H30N2. The van der Waals surface area contributed by atoms with Crippen LogP contribution in [0.4, 0.5) is 0 Å². The molecule has 0 atom stereocenters. The quantitative estimate of drug-likeness (QED) is 0.745. The lowest BCUT2D eigenvalue weighted by Gasteiger charge is -2.37. The Balaban J connectivity index is 0.000000815. The zero-order valence-corrected chi connectivity index (χ0v) is 15.3. The lowest BCUT2D eigenvalue weighted by molar-refractivity contribution is 0.109. The molecule has 0 aliphatic carbocycles. The minimum Gasteiger partial charge on any atom is -0.306 e. The van der Waals surface area contributed by atoms with Crippen molar-refractivity contribution >= 4 is 0 Å². The van der Waals surface area contributed by atoms with E-state index in [9.17, 15) is 0 Å². The number of likely N-dealkylation sites (tertiary alicyclic amines) is 1. The molecule has 0 aromatic heterocycles. The molecule has 1 saturated heterocycles. The number of piperidine rings is 1. The van der Waals surface area contributed by atoms with Crippen molar-refractivity contribution in [2.24, 2.45) is 0 Å². The van der Waals surface area contributed by atoms with Crippen LogP contribution in [0, 0.1) is 0 Å². The molecule has 4 rings (SSSR count). The van der Waals surface area contributed by atoms with Gasteiger partial charge in [-0.05, 0) is 55.2 Å². The third-order valence-corrected chi connectivity index (χ3v) is 5.28. The van der Waals surface area contributed by atoms with E-state index in [1.165, 1.54) is 48.2 Å². The Labute approximate surface area is 147 Å². The molecule has 0 unspecified atom stereocenters. The minimum absolute atomic E-state index is 0.718. The van der Waals surface area contributed by atoms with E-state index in [1.807, 2.05) is 13.8 Å². The zero-order chi connectivity index (χ0) is 16.9. The minimum atomic E-state index is 0.718. The Bertz CT molecular complexity index is 609. The summed E-state index contributed by atoms with van der Waals surface area (Å²) in [5, 5.41) is 0. The van der Waals surface area contributed by atoms with E-state index in [0.717, 1.165) is 19.1 Å². The third kappa shape index (κ3) is 3.55. The smallest absolute Gasteiger partial charge is 0.0246 e. The van der Waals surface area contributed by atoms with Crippen LogP contribution >= 0.6 is 0 Å². The Morgan fingerprint density at radius 3 is 1.71 bits per heavy atom. The summed E-state index contributed by atoms with van der Waals surface area (Å²) < 4.78 is 0. The van der Waals surface area contributed by atoms with Gasteiger partial charge < -0.3 is 4.90 Å². The van der Waals surface area contributed by atoms with E-state index in [0.29, 0.717) is 0 Å². The molecule has 2 heteroatoms. The van der Waals surface area contributed by atoms with Crippen molar-refractivity contribution in [3.05, 3.63) is 59.7 Å². The lowest BCUT2D eigenvalue weighted by Crippen LogP contribution is -2.42. The molecule has 0 N–H and O–H groups in total. The third-order valence-electron chi connectivity index (χ3n) is 5.28. The summed E-state index contributed by atoms with van der Waals surface area (Å²) in [6, 6.07) is 18.6. The molecule has 0 spiro atoms. The van der Waals surface area contributed by atoms with Gasteiger partial charge in [-0.25, -0.2) is 0 Å². The summed E-state index contributed by atoms with van der Waals surface area (Å²) in [5.74, 6) is 0. The van der Waals surface area contributed by atoms with Gasteiger partial charge in [-0.1, -0.05) is 62.4 Å². The van der Waals surface area contributed by atoms with Gasteiger partial charge in [0, 0.05) is 19.1 Å². The average molecular weight is 322 g/mol. The monoisotopic (exact) mass is 322 g/mol. The van der Waals surface area contributed by atoms with Crippen LogP contribution in [0.15, 0.2) is 48.5 Å². The Hall–Kier alpha value is -1.64. The molecule has 0 amide bonds. The fourth-order valence-corrected chi connectivity index (χ4v) is 3.95. The first-order valence-electron chi connectivity index (χ1n) is 9.40. The van der Waals surface area contributed by atoms with Gasteiger partial charge >= 0.3 is 0 Å². The largest absolute Gasteiger partial charge is 0.306 e. The molecule has 0 radical (unpaired) electrons. The summed E-state index contributed by atoms with van der Waals surface area (Å²) in [6.07, 6.45) is 2.58. The van der Waals surface area contributed by atoms with Crippen molar-refractivity contribution in [1.29, 1.82) is 0 Å². The van der Waals surface area contributed by atoms with Gasteiger partial charge in [0.2, 0.25) is 0 Å². The fraction of sp³-hybridized carbons (Fsp3) is 0.455. The molecule has 2 aromatic carbocycles. The van der Waals surface area contributed by atoms with Crippen LogP contribution in [-0.2, 0) is 13.1 Å². The summed E-state index contributed by atoms with van der Waals surface area (Å²) in [5.41, 5.74) is 5.81. The number of fused-ring (bicyclic) bond motifs is 3. The maximum atomic E-state index is 2.71. The highest BCUT2D eigenvalue weighted by molar-refractivity contribution is 5.71. The summed E-state index contributed by atoms with van der Waals surface area (Å²) in [6.45, 7) is 8.62. The van der Waals surface area contributed by atoms with Gasteiger partial charge in [0.1, 0.15) is 0 Å². The Morgan fingerprint density at radius 1 is 0.750 bits per heavy atom. The second-order valence-corrected chi connectivity index (χ2v) is 6.75. The van der Waals surface area contributed by atoms with Gasteiger partial charge in [0.05, 0.1) is 0 Å². The van der Waals surface area contributed by atoms with Crippen LogP contribution in [-0.4, -0.2) is 36.0 Å². The second-order valence-electron chi connectivity index (χ2n) is 6.75. The second kappa shape index (κ2) is 7.96. The number of hydrogen-bond donors (Lipinski definition) is 0. The van der Waals surface area contributed by atoms with E-state index in [1.54, 1.807) is 0 Å². The molecule has 0 saturated carbocycles. The lowest BCUT2D eigenvalue weighted by atomic mass is 9.97. The predicted octanol–water partition coefficient (Wildman–Crippen LogP) is 4.79. The maximum absolute atomic E-state index is 2.71. The van der Waals surface area contributed by atoms with E-state index in [2.05, 4.69) is 65.4 Å². The highest BCUT2D eigenvalue weighted by atomic mass is 15.2. The van der Waals surface area contributed by atoms with Crippen LogP contribution < -0.4 is 0 Å². The van der Waals surface area contributed by atoms with Crippen molar-refractivity contribution < 1.29 is 0 Å². The van der Waals surface area contributed by atoms with E-state index in [-0.39, 0.29) is 0 Å². The van der Waals surface area contributed by atoms with Gasteiger partial charge in [0.25, 0.3) is 0 Å². The van der Waals surface area contributed by atoms with Crippen molar-refractivity contribution in [1.82, 2.24) is 9.80 Å². The topological polar surface area (TPSA) is 6.48 Å². The standard InChI is InChI=1S/C20H24N2.C2H6/c1-21-12-10-18(11-13-21)22-14-16-6-2-4-8-19(16)20-9-5-3-7-17(20)15-22;1-2/h2-9,18H,10-15H2,1H3;1-2H3. The van der Waals surface area contributed by atoms with E-state index >= 15 is 0 Å². The van der Waals surface area contributed by atoms with Crippen LogP contribution in [0.5, 0.6) is 0 Å². The molecule has 2 nitrogen and oxygen atoms in total. The van der Waals surface area contributed by atoms with Crippen molar-refractivity contribution in [3.8, 4) is 11.1 Å². The van der Waals surface area contributed by atoms with Crippen molar-refractivity contribution in [2.45, 2.75) is 45.8 Å². The van der Waals surface area contributed by atoms with Gasteiger partial charge in [-0.15, -0.1) is 0 Å². The fourth-order valence-electron chi connectivity index (χ4n) is 3.95. The highest BCUT2D eigenvalue weighted by Gasteiger charge is 2.26. The number of hydrogen-bond acceptors (Lipinski definition) is 2. The average Bonchev–Trinajstić information content (AvgIpc) is 2.81. The van der Waals surface area contributed by atoms with Gasteiger partial charge in [-0.3, -0.25) is 4.90 Å². The molecule has 0 bridgehead atoms. The van der Waals surface area contributed by atoms with Crippen molar-refractivity contribution in [3.63, 3.8) is 0 Å². The molecule has 2 aliphatic heterocycles. The molecule has 2 aromatic rings.